The molecule has 4 aliphatic rings. The number of halogens is 10. The van der Waals surface area contributed by atoms with E-state index in [4.69, 9.17) is 18.9 Å². The zero-order valence-corrected chi connectivity index (χ0v) is 25.1. The molecule has 6 atom stereocenters. The molecule has 4 aliphatic heterocycles. The van der Waals surface area contributed by atoms with Crippen molar-refractivity contribution in [3.63, 3.8) is 0 Å². The summed E-state index contributed by atoms with van der Waals surface area (Å²) in [7, 11) is 3.09. The Morgan fingerprint density at radius 2 is 0.833 bits per heavy atom. The highest BCUT2D eigenvalue weighted by Crippen LogP contribution is 2.48. The molecular weight excluding hydrogens is 674 g/mol. The van der Waals surface area contributed by atoms with Crippen molar-refractivity contribution in [2.45, 2.75) is 87.1 Å². The van der Waals surface area contributed by atoms with Gasteiger partial charge in [-0.2, -0.15) is 17.6 Å². The number of piperidine rings is 2. The molecule has 0 aromatic heterocycles. The van der Waals surface area contributed by atoms with Crippen molar-refractivity contribution in [3.05, 3.63) is 58.2 Å². The zero-order chi connectivity index (χ0) is 35.0. The van der Waals surface area contributed by atoms with Crippen LogP contribution in [0, 0.1) is 58.2 Å². The number of carbonyl (C=O) groups excluding carboxylic acids is 2. The summed E-state index contributed by atoms with van der Waals surface area (Å²) < 4.78 is 161. The third-order valence-electron chi connectivity index (χ3n) is 9.92. The Labute approximate surface area is 265 Å². The average molecular weight is 701 g/mol. The van der Waals surface area contributed by atoms with Crippen molar-refractivity contribution in [2.75, 3.05) is 14.1 Å². The van der Waals surface area contributed by atoms with Gasteiger partial charge in [-0.25, -0.2) is 35.9 Å². The first-order valence-corrected chi connectivity index (χ1v) is 14.8. The summed E-state index contributed by atoms with van der Waals surface area (Å²) in [5.41, 5.74) is -3.20. The van der Waals surface area contributed by atoms with E-state index >= 15 is 0 Å². The molecule has 4 bridgehead atoms. The summed E-state index contributed by atoms with van der Waals surface area (Å²) in [4.78, 5) is 29.5. The number of rotatable bonds is 6. The second kappa shape index (κ2) is 12.0. The normalized spacial score (nSPS) is 30.0. The predicted molar refractivity (Wildman–Crippen MR) is 139 cm³/mol. The molecule has 2 aromatic carbocycles. The Hall–Kier alpha value is -3.80. The Balaban J connectivity index is 1.17. The van der Waals surface area contributed by atoms with E-state index in [1.54, 1.807) is 23.9 Å². The maximum Gasteiger partial charge on any atom is 0.419 e. The fraction of sp³-hybridized carbons (Fsp3) is 0.533. The molecule has 262 valence electrons. The Kier molecular flexibility index (Phi) is 8.49. The van der Waals surface area contributed by atoms with E-state index < -0.39 is 117 Å². The van der Waals surface area contributed by atoms with Crippen LogP contribution in [0.4, 0.5) is 43.9 Å². The molecular formula is C30H26F10N2O6. The second-order valence-electron chi connectivity index (χ2n) is 12.4. The minimum Gasteiger partial charge on any atom is -0.484 e. The van der Waals surface area contributed by atoms with E-state index in [0.29, 0.717) is 12.8 Å². The van der Waals surface area contributed by atoms with Crippen molar-refractivity contribution in [2.24, 2.45) is 0 Å². The number of carbonyl (C=O) groups is 2. The first-order chi connectivity index (χ1) is 22.5. The van der Waals surface area contributed by atoms with Crippen LogP contribution in [-0.4, -0.2) is 71.6 Å². The number of ether oxygens (including phenoxy) is 4. The molecule has 4 heterocycles. The van der Waals surface area contributed by atoms with Gasteiger partial charge < -0.3 is 18.9 Å². The second-order valence-corrected chi connectivity index (χ2v) is 12.4. The summed E-state index contributed by atoms with van der Waals surface area (Å²) in [6, 6.07) is -0.875. The fourth-order valence-electron chi connectivity index (χ4n) is 7.37. The lowest BCUT2D eigenvalue weighted by Crippen LogP contribution is -2.58. The van der Waals surface area contributed by atoms with Gasteiger partial charge in [0.15, 0.2) is 22.9 Å². The molecule has 4 fully saturated rings. The number of nitrogens with zero attached hydrogens (tertiary/aromatic N) is 2. The molecule has 48 heavy (non-hydrogen) atoms. The maximum atomic E-state index is 14.3. The van der Waals surface area contributed by atoms with E-state index in [0.717, 1.165) is 0 Å². The SMILES string of the molecule is CN1C2CCC1(OC(=O)C(=O)OC13CCC(CC(Oc4c(F)c(F)c(F)c(F)c4F)C1)N3C)CC(Oc1c(F)c(F)c(F)c(F)c1F)C2. The molecule has 0 aliphatic carbocycles. The van der Waals surface area contributed by atoms with E-state index in [9.17, 15) is 53.5 Å². The quantitative estimate of drug-likeness (QED) is 0.128. The highest BCUT2D eigenvalue weighted by Gasteiger charge is 2.57. The average Bonchev–Trinajstić information content (AvgIpc) is 3.32. The van der Waals surface area contributed by atoms with Crippen LogP contribution < -0.4 is 9.47 Å². The first kappa shape index (κ1) is 34.1. The Morgan fingerprint density at radius 3 is 1.15 bits per heavy atom. The molecule has 0 radical (unpaired) electrons. The lowest BCUT2D eigenvalue weighted by atomic mass is 9.97. The van der Waals surface area contributed by atoms with Crippen LogP contribution in [0.5, 0.6) is 11.5 Å². The highest BCUT2D eigenvalue weighted by molar-refractivity contribution is 6.29. The molecule has 0 N–H and O–H groups in total. The molecule has 18 heteroatoms. The number of hydrogen-bond acceptors (Lipinski definition) is 8. The van der Waals surface area contributed by atoms with Gasteiger partial charge in [-0.3, -0.25) is 9.80 Å². The number of esters is 2. The largest absolute Gasteiger partial charge is 0.484 e. The summed E-state index contributed by atoms with van der Waals surface area (Å²) in [5.74, 6) is -28.3. The molecule has 4 saturated heterocycles. The van der Waals surface area contributed by atoms with Gasteiger partial charge in [-0.1, -0.05) is 0 Å². The van der Waals surface area contributed by atoms with Crippen LogP contribution in [0.1, 0.15) is 51.4 Å². The zero-order valence-electron chi connectivity index (χ0n) is 25.1. The lowest BCUT2D eigenvalue weighted by molar-refractivity contribution is -0.216. The molecule has 0 amide bonds. The van der Waals surface area contributed by atoms with Gasteiger partial charge in [0.2, 0.25) is 58.2 Å². The minimum atomic E-state index is -2.36. The van der Waals surface area contributed by atoms with Crippen LogP contribution in [0.15, 0.2) is 0 Å². The number of benzene rings is 2. The number of fused-ring (bicyclic) bond motifs is 4. The van der Waals surface area contributed by atoms with Crippen LogP contribution >= 0.6 is 0 Å². The van der Waals surface area contributed by atoms with Crippen LogP contribution in [0.2, 0.25) is 0 Å². The monoisotopic (exact) mass is 700 g/mol. The molecule has 0 saturated carbocycles. The van der Waals surface area contributed by atoms with Gasteiger partial charge in [0.25, 0.3) is 0 Å². The minimum absolute atomic E-state index is 0.0550. The van der Waals surface area contributed by atoms with E-state index in [1.165, 1.54) is 0 Å². The van der Waals surface area contributed by atoms with Crippen molar-refractivity contribution in [1.29, 1.82) is 0 Å². The fourth-order valence-corrected chi connectivity index (χ4v) is 7.37. The van der Waals surface area contributed by atoms with Crippen LogP contribution in [0.25, 0.3) is 0 Å². The third kappa shape index (κ3) is 5.31. The van der Waals surface area contributed by atoms with E-state index in [2.05, 4.69) is 0 Å². The van der Waals surface area contributed by atoms with Gasteiger partial charge in [0, 0.05) is 50.6 Å². The standard InChI is InChI=1S/C30H26F10N2O6/c1-41-11-3-5-29(41,9-13(7-11)45-25-21(37)17(33)15(31)18(34)22(25)38)47-27(43)28(44)48-30-6-4-12(42(30)2)8-14(10-30)46-26-23(39)19(35)16(32)20(36)24(26)40/h11-14H,3-10H2,1-2H3. The highest BCUT2D eigenvalue weighted by atomic mass is 19.2. The van der Waals surface area contributed by atoms with Gasteiger partial charge in [-0.15, -0.1) is 0 Å². The predicted octanol–water partition coefficient (Wildman–Crippen LogP) is 5.53. The van der Waals surface area contributed by atoms with E-state index in [-0.39, 0.29) is 38.5 Å². The van der Waals surface area contributed by atoms with Gasteiger partial charge in [-0.05, 0) is 26.9 Å². The summed E-state index contributed by atoms with van der Waals surface area (Å²) >= 11 is 0. The van der Waals surface area contributed by atoms with Gasteiger partial charge >= 0.3 is 11.9 Å². The summed E-state index contributed by atoms with van der Waals surface area (Å²) in [6.07, 6.45) is -2.05. The first-order valence-electron chi connectivity index (χ1n) is 14.8. The van der Waals surface area contributed by atoms with Crippen molar-refractivity contribution >= 4 is 11.9 Å². The summed E-state index contributed by atoms with van der Waals surface area (Å²) in [5, 5.41) is 0. The molecule has 6 rings (SSSR count). The topological polar surface area (TPSA) is 77.5 Å². The van der Waals surface area contributed by atoms with Crippen molar-refractivity contribution in [1.82, 2.24) is 9.80 Å². The molecule has 6 unspecified atom stereocenters. The van der Waals surface area contributed by atoms with Crippen LogP contribution in [-0.2, 0) is 19.1 Å². The molecule has 8 nitrogen and oxygen atoms in total. The number of hydrogen-bond donors (Lipinski definition) is 0. The smallest absolute Gasteiger partial charge is 0.419 e. The van der Waals surface area contributed by atoms with Crippen molar-refractivity contribution in [3.8, 4) is 11.5 Å². The maximum absolute atomic E-state index is 14.3. The van der Waals surface area contributed by atoms with Crippen molar-refractivity contribution < 1.29 is 72.4 Å². The Bertz CT molecular complexity index is 1520. The third-order valence-corrected chi connectivity index (χ3v) is 9.92. The molecule has 2 aromatic rings. The van der Waals surface area contributed by atoms with E-state index in [1.807, 2.05) is 0 Å². The van der Waals surface area contributed by atoms with Gasteiger partial charge in [0.1, 0.15) is 12.2 Å². The van der Waals surface area contributed by atoms with Gasteiger partial charge in [0.05, 0.1) is 0 Å². The lowest BCUT2D eigenvalue weighted by Gasteiger charge is -2.45. The molecule has 0 spiro atoms. The van der Waals surface area contributed by atoms with Crippen LogP contribution in [0.3, 0.4) is 0 Å². The Morgan fingerprint density at radius 1 is 0.542 bits per heavy atom. The summed E-state index contributed by atoms with van der Waals surface area (Å²) in [6.45, 7) is 0.